The largest absolute Gasteiger partial charge is 0.507 e. The molecule has 2 N–H and O–H groups in total. The number of phenolic OH excluding ortho intramolecular Hbond substituents is 1. The zero-order chi connectivity index (χ0) is 16.8. The summed E-state index contributed by atoms with van der Waals surface area (Å²) in [4.78, 5) is 35.3. The van der Waals surface area contributed by atoms with Gasteiger partial charge in [0, 0.05) is 5.56 Å². The van der Waals surface area contributed by atoms with Gasteiger partial charge in [0.15, 0.2) is 0 Å². The van der Waals surface area contributed by atoms with Crippen molar-refractivity contribution in [3.8, 4) is 5.75 Å². The Morgan fingerprint density at radius 3 is 2.14 bits per heavy atom. The Morgan fingerprint density at radius 1 is 1.00 bits per heavy atom. The predicted octanol–water partition coefficient (Wildman–Crippen LogP) is 1.88. The van der Waals surface area contributed by atoms with E-state index in [1.54, 1.807) is 6.92 Å². The second kappa shape index (κ2) is 5.54. The number of nitrogens with one attached hydrogen (secondary N) is 1. The van der Waals surface area contributed by atoms with Crippen molar-refractivity contribution in [3.63, 3.8) is 0 Å². The summed E-state index contributed by atoms with van der Waals surface area (Å²) in [5, 5.41) is 12.4. The fourth-order valence-corrected chi connectivity index (χ4v) is 2.52. The molecule has 0 bridgehead atoms. The average molecular weight is 320 g/mol. The summed E-state index contributed by atoms with van der Waals surface area (Å²) in [5.74, 6) is -1.47. The summed E-state index contributed by atoms with van der Waals surface area (Å²) in [5.41, 5.74) is 3.62. The number of benzene rings is 1. The summed E-state index contributed by atoms with van der Waals surface area (Å²) in [7, 11) is 1.96. The molecule has 1 atom stereocenters. The molecule has 6 nitrogen and oxygen atoms in total. The van der Waals surface area contributed by atoms with Crippen molar-refractivity contribution < 1.29 is 19.5 Å². The maximum absolute atomic E-state index is 12.1. The monoisotopic (exact) mass is 320 g/mol. The van der Waals surface area contributed by atoms with Crippen LogP contribution in [0.15, 0.2) is 5.57 Å². The van der Waals surface area contributed by atoms with Crippen LogP contribution < -0.4 is 5.32 Å². The number of imide groups is 2. The third-order valence-electron chi connectivity index (χ3n) is 4.12. The van der Waals surface area contributed by atoms with Crippen molar-refractivity contribution in [1.29, 1.82) is 0 Å². The van der Waals surface area contributed by atoms with E-state index in [-0.39, 0.29) is 11.3 Å². The van der Waals surface area contributed by atoms with Gasteiger partial charge in [-0.15, -0.1) is 0 Å². The minimum Gasteiger partial charge on any atom is -0.507 e. The Bertz CT molecular complexity index is 723. The predicted molar refractivity (Wildman–Crippen MR) is 85.1 cm³/mol. The van der Waals surface area contributed by atoms with Crippen LogP contribution in [0.4, 0.5) is 4.79 Å². The molecular formula is C15H17N2O4P. The topological polar surface area (TPSA) is 86.7 Å². The van der Waals surface area contributed by atoms with Gasteiger partial charge in [-0.25, -0.2) is 9.46 Å². The van der Waals surface area contributed by atoms with E-state index in [1.807, 2.05) is 30.2 Å². The Morgan fingerprint density at radius 2 is 1.55 bits per heavy atom. The van der Waals surface area contributed by atoms with Gasteiger partial charge in [0.1, 0.15) is 11.3 Å². The van der Waals surface area contributed by atoms with Crippen molar-refractivity contribution in [2.45, 2.75) is 27.7 Å². The average Bonchev–Trinajstić information content (AvgIpc) is 2.48. The number of carbonyl (C=O) groups excluding carboxylic acids is 3. The van der Waals surface area contributed by atoms with Crippen LogP contribution in [0.25, 0.3) is 6.08 Å². The molecule has 0 aromatic heterocycles. The summed E-state index contributed by atoms with van der Waals surface area (Å²) in [6.07, 6.45) is 1.32. The normalized spacial score (nSPS) is 17.2. The SMILES string of the molecule is Cc1c(C)c(C)c(/C=C2\C(=O)NC(=O)N(P)C2=O)c(O)c1C. The van der Waals surface area contributed by atoms with Gasteiger partial charge < -0.3 is 5.11 Å². The summed E-state index contributed by atoms with van der Waals surface area (Å²) >= 11 is 0. The van der Waals surface area contributed by atoms with E-state index in [9.17, 15) is 19.5 Å². The fourth-order valence-electron chi connectivity index (χ4n) is 2.31. The molecule has 7 heteroatoms. The number of nitrogens with zero attached hydrogens (tertiary/aromatic N) is 1. The number of urea groups is 1. The molecule has 1 unspecified atom stereocenters. The van der Waals surface area contributed by atoms with Crippen LogP contribution in [0.1, 0.15) is 27.8 Å². The van der Waals surface area contributed by atoms with E-state index in [0.717, 1.165) is 21.4 Å². The first-order valence-corrected chi connectivity index (χ1v) is 7.14. The summed E-state index contributed by atoms with van der Waals surface area (Å²) < 4.78 is 0.744. The number of rotatable bonds is 1. The van der Waals surface area contributed by atoms with Crippen LogP contribution in [-0.4, -0.2) is 27.6 Å². The summed E-state index contributed by atoms with van der Waals surface area (Å²) in [6, 6.07) is -0.797. The van der Waals surface area contributed by atoms with Crippen molar-refractivity contribution in [2.75, 3.05) is 0 Å². The van der Waals surface area contributed by atoms with Gasteiger partial charge >= 0.3 is 6.03 Å². The Balaban J connectivity index is 2.66. The number of barbiturate groups is 1. The van der Waals surface area contributed by atoms with Crippen LogP contribution in [0.5, 0.6) is 5.75 Å². The molecule has 0 aliphatic carbocycles. The number of hydrogen-bond donors (Lipinski definition) is 2. The minimum absolute atomic E-state index is 0.0286. The Kier molecular flexibility index (Phi) is 4.07. The Hall–Kier alpha value is -2.20. The zero-order valence-electron chi connectivity index (χ0n) is 12.8. The van der Waals surface area contributed by atoms with Crippen molar-refractivity contribution >= 4 is 33.3 Å². The maximum Gasteiger partial charge on any atom is 0.334 e. The highest BCUT2D eigenvalue weighted by molar-refractivity contribution is 7.16. The molecule has 1 saturated heterocycles. The van der Waals surface area contributed by atoms with Crippen LogP contribution in [-0.2, 0) is 9.59 Å². The van der Waals surface area contributed by atoms with Crippen molar-refractivity contribution in [2.24, 2.45) is 0 Å². The molecule has 0 spiro atoms. The van der Waals surface area contributed by atoms with Gasteiger partial charge in [0.2, 0.25) is 0 Å². The molecule has 1 aliphatic rings. The highest BCUT2D eigenvalue weighted by Crippen LogP contribution is 2.33. The summed E-state index contributed by atoms with van der Waals surface area (Å²) in [6.45, 7) is 7.39. The van der Waals surface area contributed by atoms with E-state index < -0.39 is 17.8 Å². The van der Waals surface area contributed by atoms with Crippen LogP contribution >= 0.6 is 9.39 Å². The number of hydrogen-bond acceptors (Lipinski definition) is 4. The van der Waals surface area contributed by atoms with Gasteiger partial charge in [0.25, 0.3) is 11.8 Å². The van der Waals surface area contributed by atoms with Crippen LogP contribution in [0.3, 0.4) is 0 Å². The van der Waals surface area contributed by atoms with E-state index in [4.69, 9.17) is 0 Å². The smallest absolute Gasteiger partial charge is 0.334 e. The standard InChI is InChI=1S/C15H17N2O4P/c1-6-7(2)9(4)12(18)10(8(6)3)5-11-13(19)16-15(21)17(22)14(11)20/h5,18H,22H2,1-4H3,(H,16,19,21)/b11-5+. The number of aromatic hydroxyl groups is 1. The van der Waals surface area contributed by atoms with E-state index in [2.05, 4.69) is 5.32 Å². The Labute approximate surface area is 130 Å². The zero-order valence-corrected chi connectivity index (χ0v) is 13.9. The number of amides is 4. The molecule has 0 saturated carbocycles. The van der Waals surface area contributed by atoms with E-state index in [1.165, 1.54) is 6.08 Å². The van der Waals surface area contributed by atoms with E-state index >= 15 is 0 Å². The molecule has 22 heavy (non-hydrogen) atoms. The molecule has 116 valence electrons. The van der Waals surface area contributed by atoms with Crippen LogP contribution in [0.2, 0.25) is 0 Å². The van der Waals surface area contributed by atoms with Crippen molar-refractivity contribution in [3.05, 3.63) is 33.4 Å². The lowest BCUT2D eigenvalue weighted by Crippen LogP contribution is -2.49. The first kappa shape index (κ1) is 16.2. The molecule has 1 fully saturated rings. The van der Waals surface area contributed by atoms with Gasteiger partial charge in [-0.1, -0.05) is 0 Å². The van der Waals surface area contributed by atoms with Gasteiger partial charge in [0.05, 0.1) is 0 Å². The van der Waals surface area contributed by atoms with Gasteiger partial charge in [-0.2, -0.15) is 0 Å². The fraction of sp³-hybridized carbons (Fsp3) is 0.267. The molecule has 1 heterocycles. The maximum atomic E-state index is 12.1. The van der Waals surface area contributed by atoms with E-state index in [0.29, 0.717) is 11.1 Å². The second-order valence-electron chi connectivity index (χ2n) is 5.25. The minimum atomic E-state index is -0.797. The highest BCUT2D eigenvalue weighted by atomic mass is 31.0. The molecule has 4 amide bonds. The second-order valence-corrected chi connectivity index (χ2v) is 5.77. The van der Waals surface area contributed by atoms with Gasteiger partial charge in [-0.05, 0) is 65.4 Å². The molecule has 0 radical (unpaired) electrons. The third-order valence-corrected chi connectivity index (χ3v) is 4.59. The lowest BCUT2D eigenvalue weighted by atomic mass is 9.92. The molecule has 1 aromatic carbocycles. The third kappa shape index (κ3) is 2.40. The number of phenols is 1. The lowest BCUT2D eigenvalue weighted by molar-refractivity contribution is -0.126. The highest BCUT2D eigenvalue weighted by Gasteiger charge is 2.33. The lowest BCUT2D eigenvalue weighted by Gasteiger charge is -2.22. The molecule has 1 aromatic rings. The van der Waals surface area contributed by atoms with Crippen molar-refractivity contribution in [1.82, 2.24) is 9.99 Å². The quantitative estimate of drug-likeness (QED) is 0.470. The van der Waals surface area contributed by atoms with Gasteiger partial charge in [-0.3, -0.25) is 14.9 Å². The molecular weight excluding hydrogens is 303 g/mol. The molecule has 2 rings (SSSR count). The number of carbonyl (C=O) groups is 3. The first-order chi connectivity index (χ1) is 10.2. The van der Waals surface area contributed by atoms with Crippen LogP contribution in [0, 0.1) is 27.7 Å². The molecule has 1 aliphatic heterocycles. The first-order valence-electron chi connectivity index (χ1n) is 6.62.